The van der Waals surface area contributed by atoms with Crippen molar-refractivity contribution in [3.05, 3.63) is 17.2 Å². The molecule has 3 N–H and O–H groups in total. The zero-order valence-electron chi connectivity index (χ0n) is 8.61. The fourth-order valence-electron chi connectivity index (χ4n) is 1.40. The normalized spacial score (nSPS) is 12.9. The third-order valence-electron chi connectivity index (χ3n) is 2.37. The van der Waals surface area contributed by atoms with Crippen LogP contribution in [0.1, 0.15) is 17.2 Å². The molecule has 5 heteroatoms. The number of hydrogen-bond acceptors (Lipinski definition) is 3. The molecule has 5 nitrogen and oxygen atoms in total. The van der Waals surface area contributed by atoms with Crippen LogP contribution in [0.15, 0.2) is 0 Å². The van der Waals surface area contributed by atoms with Gasteiger partial charge in [-0.15, -0.1) is 0 Å². The standard InChI is InChI=1S/C9H15N3O2/c1-5-8(4-7(10)9(13)14)12(3)6(2)11-5/h7H,4,10H2,1-3H3,(H,13,14). The van der Waals surface area contributed by atoms with Gasteiger partial charge in [0.2, 0.25) is 0 Å². The molecule has 0 aliphatic heterocycles. The molecular weight excluding hydrogens is 182 g/mol. The first kappa shape index (κ1) is 10.7. The van der Waals surface area contributed by atoms with E-state index in [2.05, 4.69) is 4.98 Å². The Morgan fingerprint density at radius 3 is 2.57 bits per heavy atom. The van der Waals surface area contributed by atoms with Gasteiger partial charge in [-0.2, -0.15) is 0 Å². The third kappa shape index (κ3) is 1.93. The van der Waals surface area contributed by atoms with E-state index in [0.717, 1.165) is 17.2 Å². The number of nitrogens with zero attached hydrogens (tertiary/aromatic N) is 2. The van der Waals surface area contributed by atoms with E-state index in [1.165, 1.54) is 0 Å². The SMILES string of the molecule is Cc1nc(C)n(C)c1CC(N)C(=O)O. The van der Waals surface area contributed by atoms with E-state index in [9.17, 15) is 4.79 Å². The summed E-state index contributed by atoms with van der Waals surface area (Å²) >= 11 is 0. The Labute approximate surface area is 82.6 Å². The van der Waals surface area contributed by atoms with Crippen LogP contribution in [0.3, 0.4) is 0 Å². The van der Waals surface area contributed by atoms with Crippen molar-refractivity contribution in [3.63, 3.8) is 0 Å². The van der Waals surface area contributed by atoms with Gasteiger partial charge in [0.25, 0.3) is 0 Å². The third-order valence-corrected chi connectivity index (χ3v) is 2.37. The molecule has 1 aromatic heterocycles. The van der Waals surface area contributed by atoms with Crippen molar-refractivity contribution in [3.8, 4) is 0 Å². The first-order valence-corrected chi connectivity index (χ1v) is 4.40. The second-order valence-electron chi connectivity index (χ2n) is 3.40. The lowest BCUT2D eigenvalue weighted by Crippen LogP contribution is -2.33. The van der Waals surface area contributed by atoms with Gasteiger partial charge in [0.05, 0.1) is 5.69 Å². The summed E-state index contributed by atoms with van der Waals surface area (Å²) < 4.78 is 1.87. The first-order valence-electron chi connectivity index (χ1n) is 4.40. The van der Waals surface area contributed by atoms with Crippen LogP contribution in [0, 0.1) is 13.8 Å². The summed E-state index contributed by atoms with van der Waals surface area (Å²) in [6.45, 7) is 3.74. The number of carbonyl (C=O) groups is 1. The maximum atomic E-state index is 10.6. The molecule has 0 aromatic carbocycles. The monoisotopic (exact) mass is 197 g/mol. The highest BCUT2D eigenvalue weighted by Crippen LogP contribution is 2.10. The molecule has 0 saturated heterocycles. The van der Waals surface area contributed by atoms with Crippen LogP contribution in [0.25, 0.3) is 0 Å². The van der Waals surface area contributed by atoms with E-state index in [4.69, 9.17) is 10.8 Å². The fraction of sp³-hybridized carbons (Fsp3) is 0.556. The van der Waals surface area contributed by atoms with Crippen LogP contribution in [-0.2, 0) is 18.3 Å². The zero-order chi connectivity index (χ0) is 10.9. The number of imidazole rings is 1. The van der Waals surface area contributed by atoms with Gasteiger partial charge in [0.15, 0.2) is 0 Å². The van der Waals surface area contributed by atoms with Gasteiger partial charge in [-0.1, -0.05) is 0 Å². The summed E-state index contributed by atoms with van der Waals surface area (Å²) in [5.41, 5.74) is 7.19. The van der Waals surface area contributed by atoms with Gasteiger partial charge in [-0.3, -0.25) is 4.79 Å². The Morgan fingerprint density at radius 2 is 2.21 bits per heavy atom. The minimum Gasteiger partial charge on any atom is -0.480 e. The molecule has 1 heterocycles. The van der Waals surface area contributed by atoms with Crippen molar-refractivity contribution in [1.29, 1.82) is 0 Å². The van der Waals surface area contributed by atoms with Crippen molar-refractivity contribution in [2.45, 2.75) is 26.3 Å². The Balaban J connectivity index is 2.91. The predicted octanol–water partition coefficient (Wildman–Crippen LogP) is -0.00866. The molecule has 0 bridgehead atoms. The van der Waals surface area contributed by atoms with Gasteiger partial charge < -0.3 is 15.4 Å². The summed E-state index contributed by atoms with van der Waals surface area (Å²) in [6.07, 6.45) is 0.318. The largest absolute Gasteiger partial charge is 0.480 e. The van der Waals surface area contributed by atoms with Crippen molar-refractivity contribution < 1.29 is 9.90 Å². The average molecular weight is 197 g/mol. The molecule has 0 radical (unpaired) electrons. The predicted molar refractivity (Wildman–Crippen MR) is 52.0 cm³/mol. The lowest BCUT2D eigenvalue weighted by atomic mass is 10.1. The highest BCUT2D eigenvalue weighted by molar-refractivity contribution is 5.73. The fourth-order valence-corrected chi connectivity index (χ4v) is 1.40. The van der Waals surface area contributed by atoms with Crippen LogP contribution in [0.5, 0.6) is 0 Å². The van der Waals surface area contributed by atoms with Crippen LogP contribution >= 0.6 is 0 Å². The molecule has 0 fully saturated rings. The lowest BCUT2D eigenvalue weighted by Gasteiger charge is -2.08. The average Bonchev–Trinajstić information content (AvgIpc) is 2.32. The quantitative estimate of drug-likeness (QED) is 0.714. The summed E-state index contributed by atoms with van der Waals surface area (Å²) in [5.74, 6) is -0.113. The molecule has 78 valence electrons. The summed E-state index contributed by atoms with van der Waals surface area (Å²) in [7, 11) is 1.86. The minimum atomic E-state index is -0.983. The number of hydrogen-bond donors (Lipinski definition) is 2. The van der Waals surface area contributed by atoms with Gasteiger partial charge in [-0.25, -0.2) is 4.98 Å². The summed E-state index contributed by atoms with van der Waals surface area (Å²) in [5, 5.41) is 8.68. The molecule has 0 saturated carbocycles. The number of aryl methyl sites for hydroxylation is 2. The Bertz CT molecular complexity index is 357. The molecule has 1 aromatic rings. The van der Waals surface area contributed by atoms with Gasteiger partial charge in [0.1, 0.15) is 11.9 Å². The minimum absolute atomic E-state index is 0.318. The topological polar surface area (TPSA) is 81.1 Å². The maximum Gasteiger partial charge on any atom is 0.320 e. The number of nitrogens with two attached hydrogens (primary N) is 1. The molecule has 0 amide bonds. The van der Waals surface area contributed by atoms with Crippen molar-refractivity contribution >= 4 is 5.97 Å². The van der Waals surface area contributed by atoms with E-state index in [-0.39, 0.29) is 0 Å². The number of aliphatic carboxylic acids is 1. The number of carboxylic acid groups (broad SMARTS) is 1. The molecule has 1 unspecified atom stereocenters. The highest BCUT2D eigenvalue weighted by atomic mass is 16.4. The zero-order valence-corrected chi connectivity index (χ0v) is 8.61. The summed E-state index contributed by atoms with van der Waals surface area (Å²) in [6, 6.07) is -0.858. The van der Waals surface area contributed by atoms with E-state index in [1.54, 1.807) is 0 Å². The Morgan fingerprint density at radius 1 is 1.64 bits per heavy atom. The van der Waals surface area contributed by atoms with Crippen molar-refractivity contribution in [1.82, 2.24) is 9.55 Å². The number of rotatable bonds is 3. The van der Waals surface area contributed by atoms with Gasteiger partial charge in [0, 0.05) is 19.2 Å². The Kier molecular flexibility index (Phi) is 2.90. The second kappa shape index (κ2) is 3.79. The molecule has 0 aliphatic carbocycles. The van der Waals surface area contributed by atoms with Crippen LogP contribution in [0.4, 0.5) is 0 Å². The highest BCUT2D eigenvalue weighted by Gasteiger charge is 2.17. The molecule has 0 aliphatic rings. The van der Waals surface area contributed by atoms with E-state index >= 15 is 0 Å². The van der Waals surface area contributed by atoms with Gasteiger partial charge in [-0.05, 0) is 13.8 Å². The van der Waals surface area contributed by atoms with E-state index < -0.39 is 12.0 Å². The van der Waals surface area contributed by atoms with Crippen LogP contribution in [-0.4, -0.2) is 26.7 Å². The number of aromatic nitrogens is 2. The van der Waals surface area contributed by atoms with Crippen molar-refractivity contribution in [2.75, 3.05) is 0 Å². The van der Waals surface area contributed by atoms with E-state index in [0.29, 0.717) is 6.42 Å². The van der Waals surface area contributed by atoms with Crippen LogP contribution in [0.2, 0.25) is 0 Å². The molecule has 1 rings (SSSR count). The van der Waals surface area contributed by atoms with E-state index in [1.807, 2.05) is 25.5 Å². The van der Waals surface area contributed by atoms with Gasteiger partial charge >= 0.3 is 5.97 Å². The molecular formula is C9H15N3O2. The second-order valence-corrected chi connectivity index (χ2v) is 3.40. The smallest absolute Gasteiger partial charge is 0.320 e. The molecule has 0 spiro atoms. The Hall–Kier alpha value is -1.36. The molecule has 14 heavy (non-hydrogen) atoms. The maximum absolute atomic E-state index is 10.6. The number of carboxylic acids is 1. The molecule has 1 atom stereocenters. The van der Waals surface area contributed by atoms with Crippen molar-refractivity contribution in [2.24, 2.45) is 12.8 Å². The summed E-state index contributed by atoms with van der Waals surface area (Å²) in [4.78, 5) is 14.8. The first-order chi connectivity index (χ1) is 6.43. The van der Waals surface area contributed by atoms with Crippen LogP contribution < -0.4 is 5.73 Å². The lowest BCUT2D eigenvalue weighted by molar-refractivity contribution is -0.138.